The van der Waals surface area contributed by atoms with E-state index in [9.17, 15) is 9.00 Å². The first-order chi connectivity index (χ1) is 9.04. The monoisotopic (exact) mass is 313 g/mol. The van der Waals surface area contributed by atoms with Gasteiger partial charge in [0, 0.05) is 27.0 Å². The van der Waals surface area contributed by atoms with Gasteiger partial charge in [-0.15, -0.1) is 11.3 Å². The number of carbonyl (C=O) groups excluding carboxylic acids is 1. The topological polar surface area (TPSA) is 60.2 Å². The molecule has 1 heterocycles. The SMILES string of the molecule is NC(=O)c1cccc(CS(=O)Cc2ccc(Cl)s2)c1. The first kappa shape index (κ1) is 14.2. The van der Waals surface area contributed by atoms with E-state index in [2.05, 4.69) is 0 Å². The molecule has 1 aromatic carbocycles. The molecule has 2 rings (SSSR count). The highest BCUT2D eigenvalue weighted by Crippen LogP contribution is 2.23. The molecule has 2 aromatic rings. The molecule has 1 unspecified atom stereocenters. The maximum absolute atomic E-state index is 12.0. The summed E-state index contributed by atoms with van der Waals surface area (Å²) in [4.78, 5) is 12.1. The highest BCUT2D eigenvalue weighted by atomic mass is 35.5. The van der Waals surface area contributed by atoms with Crippen LogP contribution in [0.1, 0.15) is 20.8 Å². The molecule has 19 heavy (non-hydrogen) atoms. The van der Waals surface area contributed by atoms with Crippen LogP contribution in [0.5, 0.6) is 0 Å². The fourth-order valence-corrected chi connectivity index (χ4v) is 4.22. The van der Waals surface area contributed by atoms with E-state index < -0.39 is 16.7 Å². The van der Waals surface area contributed by atoms with Gasteiger partial charge in [-0.25, -0.2) is 0 Å². The molecule has 1 aromatic heterocycles. The summed E-state index contributed by atoms with van der Waals surface area (Å²) in [7, 11) is -1.03. The van der Waals surface area contributed by atoms with Gasteiger partial charge >= 0.3 is 0 Å². The number of hydrogen-bond acceptors (Lipinski definition) is 3. The molecule has 2 N–H and O–H groups in total. The Labute approximate surface area is 122 Å². The van der Waals surface area contributed by atoms with Crippen molar-refractivity contribution < 1.29 is 9.00 Å². The molecule has 0 aliphatic rings. The summed E-state index contributed by atoms with van der Waals surface area (Å²) in [6.07, 6.45) is 0. The Morgan fingerprint density at radius 1 is 1.26 bits per heavy atom. The Morgan fingerprint density at radius 3 is 2.68 bits per heavy atom. The minimum Gasteiger partial charge on any atom is -0.366 e. The maximum atomic E-state index is 12.0. The van der Waals surface area contributed by atoms with Crippen LogP contribution in [0.4, 0.5) is 0 Å². The second-order valence-corrected chi connectivity index (χ2v) is 7.26. The van der Waals surface area contributed by atoms with Crippen LogP contribution in [-0.4, -0.2) is 10.1 Å². The van der Waals surface area contributed by atoms with Crippen LogP contribution in [0.2, 0.25) is 4.34 Å². The number of hydrogen-bond donors (Lipinski definition) is 1. The molecular formula is C13H12ClNO2S2. The van der Waals surface area contributed by atoms with Crippen molar-refractivity contribution in [2.24, 2.45) is 5.73 Å². The molecular weight excluding hydrogens is 302 g/mol. The normalized spacial score (nSPS) is 12.3. The van der Waals surface area contributed by atoms with E-state index in [1.165, 1.54) is 11.3 Å². The fourth-order valence-electron chi connectivity index (χ4n) is 1.64. The number of nitrogens with two attached hydrogens (primary N) is 1. The molecule has 0 bridgehead atoms. The van der Waals surface area contributed by atoms with Crippen LogP contribution < -0.4 is 5.73 Å². The predicted molar refractivity (Wildman–Crippen MR) is 79.8 cm³/mol. The van der Waals surface area contributed by atoms with Gasteiger partial charge in [-0.05, 0) is 29.8 Å². The minimum absolute atomic E-state index is 0.399. The molecule has 0 aliphatic carbocycles. The first-order valence-corrected chi connectivity index (χ1v) is 8.21. The molecule has 0 radical (unpaired) electrons. The minimum atomic E-state index is -1.03. The molecule has 1 amide bonds. The van der Waals surface area contributed by atoms with Crippen molar-refractivity contribution in [1.82, 2.24) is 0 Å². The summed E-state index contributed by atoms with van der Waals surface area (Å²) in [6.45, 7) is 0. The van der Waals surface area contributed by atoms with E-state index >= 15 is 0 Å². The lowest BCUT2D eigenvalue weighted by atomic mass is 10.1. The summed E-state index contributed by atoms with van der Waals surface area (Å²) < 4.78 is 12.7. The third-order valence-corrected chi connectivity index (χ3v) is 5.17. The third-order valence-electron chi connectivity index (χ3n) is 2.47. The lowest BCUT2D eigenvalue weighted by Gasteiger charge is -2.03. The number of amides is 1. The van der Waals surface area contributed by atoms with Crippen LogP contribution in [0, 0.1) is 0 Å². The zero-order chi connectivity index (χ0) is 13.8. The Bertz CT molecular complexity index is 625. The zero-order valence-electron chi connectivity index (χ0n) is 9.97. The second-order valence-electron chi connectivity index (χ2n) is 4.00. The van der Waals surface area contributed by atoms with E-state index in [0.717, 1.165) is 10.4 Å². The van der Waals surface area contributed by atoms with Gasteiger partial charge in [-0.2, -0.15) is 0 Å². The second kappa shape index (κ2) is 6.32. The van der Waals surface area contributed by atoms with Gasteiger partial charge in [0.15, 0.2) is 0 Å². The largest absolute Gasteiger partial charge is 0.366 e. The Balaban J connectivity index is 2.02. The molecule has 0 saturated heterocycles. The summed E-state index contributed by atoms with van der Waals surface area (Å²) in [5.41, 5.74) is 6.50. The van der Waals surface area contributed by atoms with Crippen molar-refractivity contribution in [1.29, 1.82) is 0 Å². The summed E-state index contributed by atoms with van der Waals surface area (Å²) in [5.74, 6) is 0.395. The van der Waals surface area contributed by atoms with Crippen LogP contribution in [0.15, 0.2) is 36.4 Å². The quantitative estimate of drug-likeness (QED) is 0.922. The van der Waals surface area contributed by atoms with Gasteiger partial charge in [0.1, 0.15) is 0 Å². The van der Waals surface area contributed by atoms with Crippen molar-refractivity contribution >= 4 is 39.6 Å². The predicted octanol–water partition coefficient (Wildman–Crippen LogP) is 2.95. The van der Waals surface area contributed by atoms with Crippen molar-refractivity contribution in [2.45, 2.75) is 11.5 Å². The molecule has 3 nitrogen and oxygen atoms in total. The highest BCUT2D eigenvalue weighted by Gasteiger charge is 2.07. The Kier molecular flexibility index (Phi) is 4.74. The van der Waals surface area contributed by atoms with Crippen LogP contribution in [0.25, 0.3) is 0 Å². The average Bonchev–Trinajstić information content (AvgIpc) is 2.74. The van der Waals surface area contributed by atoms with Gasteiger partial charge in [0.05, 0.1) is 10.1 Å². The van der Waals surface area contributed by atoms with Crippen LogP contribution in [-0.2, 0) is 22.3 Å². The fraction of sp³-hybridized carbons (Fsp3) is 0.154. The van der Waals surface area contributed by atoms with Crippen molar-refractivity contribution in [2.75, 3.05) is 0 Å². The molecule has 0 spiro atoms. The molecule has 0 saturated carbocycles. The van der Waals surface area contributed by atoms with Crippen molar-refractivity contribution in [3.05, 3.63) is 56.7 Å². The number of thiophene rings is 1. The van der Waals surface area contributed by atoms with E-state index in [1.807, 2.05) is 12.1 Å². The molecule has 1 atom stereocenters. The standard InChI is InChI=1S/C13H12ClNO2S2/c14-12-5-4-11(18-12)8-19(17)7-9-2-1-3-10(6-9)13(15)16/h1-6H,7-8H2,(H2,15,16). The lowest BCUT2D eigenvalue weighted by molar-refractivity contribution is 0.1000. The molecule has 0 aliphatic heterocycles. The van der Waals surface area contributed by atoms with Gasteiger partial charge in [0.2, 0.25) is 5.91 Å². The lowest BCUT2D eigenvalue weighted by Crippen LogP contribution is -2.11. The zero-order valence-corrected chi connectivity index (χ0v) is 12.4. The number of carbonyl (C=O) groups is 1. The number of primary amides is 1. The summed E-state index contributed by atoms with van der Waals surface area (Å²) in [6, 6.07) is 10.6. The van der Waals surface area contributed by atoms with Gasteiger partial charge < -0.3 is 5.73 Å². The van der Waals surface area contributed by atoms with E-state index in [4.69, 9.17) is 17.3 Å². The van der Waals surface area contributed by atoms with E-state index in [0.29, 0.717) is 21.4 Å². The maximum Gasteiger partial charge on any atom is 0.248 e. The van der Waals surface area contributed by atoms with Crippen LogP contribution >= 0.6 is 22.9 Å². The number of rotatable bonds is 5. The Hall–Kier alpha value is -1.17. The summed E-state index contributed by atoms with van der Waals surface area (Å²) in [5, 5.41) is 0. The van der Waals surface area contributed by atoms with Crippen molar-refractivity contribution in [3.8, 4) is 0 Å². The van der Waals surface area contributed by atoms with Gasteiger partial charge in [-0.3, -0.25) is 9.00 Å². The van der Waals surface area contributed by atoms with Crippen LogP contribution in [0.3, 0.4) is 0 Å². The smallest absolute Gasteiger partial charge is 0.248 e. The molecule has 100 valence electrons. The molecule has 0 fully saturated rings. The number of benzene rings is 1. The van der Waals surface area contributed by atoms with E-state index in [-0.39, 0.29) is 0 Å². The van der Waals surface area contributed by atoms with Gasteiger partial charge in [0.25, 0.3) is 0 Å². The highest BCUT2D eigenvalue weighted by molar-refractivity contribution is 7.83. The number of halogens is 1. The van der Waals surface area contributed by atoms with Gasteiger partial charge in [-0.1, -0.05) is 23.7 Å². The summed E-state index contributed by atoms with van der Waals surface area (Å²) >= 11 is 7.26. The Morgan fingerprint density at radius 2 is 2.05 bits per heavy atom. The average molecular weight is 314 g/mol. The molecule has 6 heteroatoms. The first-order valence-electron chi connectivity index (χ1n) is 5.52. The third kappa shape index (κ3) is 4.16. The van der Waals surface area contributed by atoms with E-state index in [1.54, 1.807) is 24.3 Å². The van der Waals surface area contributed by atoms with Crippen molar-refractivity contribution in [3.63, 3.8) is 0 Å².